The molecule has 0 bridgehead atoms. The SMILES string of the molecule is CCOC1CC(N)(C(=O)NCC(C)N2CCOCC2)C1(C)C. The molecule has 1 aliphatic heterocycles. The van der Waals surface area contributed by atoms with E-state index in [1.165, 1.54) is 0 Å². The van der Waals surface area contributed by atoms with Crippen molar-refractivity contribution >= 4 is 5.91 Å². The lowest BCUT2D eigenvalue weighted by Crippen LogP contribution is -2.76. The third-order valence-electron chi connectivity index (χ3n) is 5.46. The molecule has 22 heavy (non-hydrogen) atoms. The minimum absolute atomic E-state index is 0.0601. The fourth-order valence-electron chi connectivity index (χ4n) is 3.37. The molecule has 6 nitrogen and oxygen atoms in total. The predicted octanol–water partition coefficient (Wildman–Crippen LogP) is 0.356. The number of morpholine rings is 1. The Morgan fingerprint density at radius 2 is 2.09 bits per heavy atom. The van der Waals surface area contributed by atoms with Gasteiger partial charge in [0.15, 0.2) is 0 Å². The number of carbonyl (C=O) groups is 1. The third kappa shape index (κ3) is 3.15. The first-order valence-electron chi connectivity index (χ1n) is 8.33. The number of hydrogen-bond donors (Lipinski definition) is 2. The van der Waals surface area contributed by atoms with Crippen molar-refractivity contribution in [3.05, 3.63) is 0 Å². The summed E-state index contributed by atoms with van der Waals surface area (Å²) in [6.45, 7) is 12.8. The number of carbonyl (C=O) groups excluding carboxylic acids is 1. The molecular weight excluding hydrogens is 282 g/mol. The number of nitrogens with zero attached hydrogens (tertiary/aromatic N) is 1. The molecule has 0 spiro atoms. The van der Waals surface area contributed by atoms with E-state index in [4.69, 9.17) is 15.2 Å². The molecule has 3 unspecified atom stereocenters. The molecule has 2 rings (SSSR count). The first kappa shape index (κ1) is 17.7. The molecular formula is C16H31N3O3. The summed E-state index contributed by atoms with van der Waals surface area (Å²) in [5, 5.41) is 3.04. The Labute approximate surface area is 133 Å². The smallest absolute Gasteiger partial charge is 0.240 e. The van der Waals surface area contributed by atoms with E-state index in [9.17, 15) is 4.79 Å². The lowest BCUT2D eigenvalue weighted by Gasteiger charge is -2.57. The Bertz CT molecular complexity index is 396. The number of rotatable bonds is 6. The number of hydrogen-bond acceptors (Lipinski definition) is 5. The van der Waals surface area contributed by atoms with Gasteiger partial charge in [0.25, 0.3) is 0 Å². The lowest BCUT2D eigenvalue weighted by molar-refractivity contribution is -0.170. The van der Waals surface area contributed by atoms with E-state index in [1.54, 1.807) is 0 Å². The zero-order valence-electron chi connectivity index (χ0n) is 14.4. The third-order valence-corrected chi connectivity index (χ3v) is 5.46. The van der Waals surface area contributed by atoms with E-state index in [2.05, 4.69) is 17.1 Å². The molecule has 0 radical (unpaired) electrons. The van der Waals surface area contributed by atoms with Crippen LogP contribution in [0.1, 0.15) is 34.1 Å². The number of amides is 1. The van der Waals surface area contributed by atoms with E-state index in [-0.39, 0.29) is 17.4 Å². The molecule has 1 heterocycles. The quantitative estimate of drug-likeness (QED) is 0.740. The Kier molecular flexibility index (Phi) is 5.48. The van der Waals surface area contributed by atoms with Gasteiger partial charge >= 0.3 is 0 Å². The molecule has 2 fully saturated rings. The van der Waals surface area contributed by atoms with Crippen molar-refractivity contribution in [2.45, 2.75) is 51.8 Å². The summed E-state index contributed by atoms with van der Waals surface area (Å²) in [6, 6.07) is 0.294. The van der Waals surface area contributed by atoms with Gasteiger partial charge in [-0.25, -0.2) is 0 Å². The Balaban J connectivity index is 1.84. The van der Waals surface area contributed by atoms with Crippen LogP contribution in [0.4, 0.5) is 0 Å². The zero-order valence-corrected chi connectivity index (χ0v) is 14.4. The van der Waals surface area contributed by atoms with Crippen LogP contribution in [-0.2, 0) is 14.3 Å². The van der Waals surface area contributed by atoms with Crippen LogP contribution in [0.15, 0.2) is 0 Å². The van der Waals surface area contributed by atoms with Crippen molar-refractivity contribution in [2.24, 2.45) is 11.1 Å². The van der Waals surface area contributed by atoms with E-state index < -0.39 is 5.54 Å². The average Bonchev–Trinajstić information content (AvgIpc) is 2.52. The maximum absolute atomic E-state index is 12.6. The Hall–Kier alpha value is -0.690. The number of nitrogens with one attached hydrogen (secondary N) is 1. The maximum atomic E-state index is 12.6. The molecule has 2 aliphatic rings. The summed E-state index contributed by atoms with van der Waals surface area (Å²) in [7, 11) is 0. The van der Waals surface area contributed by atoms with E-state index in [0.717, 1.165) is 26.3 Å². The molecule has 0 aromatic rings. The summed E-state index contributed by atoms with van der Waals surface area (Å²) in [4.78, 5) is 14.9. The topological polar surface area (TPSA) is 76.8 Å². The standard InChI is InChI=1S/C16H31N3O3/c1-5-22-13-10-16(17,15(13,3)4)14(20)18-11-12(2)19-6-8-21-9-7-19/h12-13H,5-11,17H2,1-4H3,(H,18,20). The molecule has 1 saturated carbocycles. The monoisotopic (exact) mass is 313 g/mol. The van der Waals surface area contributed by atoms with Crippen LogP contribution >= 0.6 is 0 Å². The highest BCUT2D eigenvalue weighted by atomic mass is 16.5. The lowest BCUT2D eigenvalue weighted by atomic mass is 9.54. The molecule has 3 N–H and O–H groups in total. The van der Waals surface area contributed by atoms with Crippen molar-refractivity contribution in [1.82, 2.24) is 10.2 Å². The van der Waals surface area contributed by atoms with E-state index in [0.29, 0.717) is 25.6 Å². The molecule has 1 amide bonds. The minimum Gasteiger partial charge on any atom is -0.379 e. The summed E-state index contributed by atoms with van der Waals surface area (Å²) >= 11 is 0. The van der Waals surface area contributed by atoms with E-state index >= 15 is 0 Å². The van der Waals surface area contributed by atoms with Crippen LogP contribution < -0.4 is 11.1 Å². The highest BCUT2D eigenvalue weighted by Gasteiger charge is 2.62. The van der Waals surface area contributed by atoms with Crippen molar-refractivity contribution in [1.29, 1.82) is 0 Å². The molecule has 3 atom stereocenters. The van der Waals surface area contributed by atoms with Crippen LogP contribution in [0.2, 0.25) is 0 Å². The summed E-state index contributed by atoms with van der Waals surface area (Å²) < 4.78 is 11.0. The predicted molar refractivity (Wildman–Crippen MR) is 85.6 cm³/mol. The van der Waals surface area contributed by atoms with Crippen LogP contribution in [0, 0.1) is 5.41 Å². The zero-order chi connectivity index (χ0) is 16.4. The molecule has 6 heteroatoms. The van der Waals surface area contributed by atoms with Gasteiger partial charge in [0.2, 0.25) is 5.91 Å². The first-order valence-corrected chi connectivity index (χ1v) is 8.33. The van der Waals surface area contributed by atoms with Crippen molar-refractivity contribution < 1.29 is 14.3 Å². The number of nitrogens with two attached hydrogens (primary N) is 1. The van der Waals surface area contributed by atoms with E-state index in [1.807, 2.05) is 20.8 Å². The fourth-order valence-corrected chi connectivity index (χ4v) is 3.37. The minimum atomic E-state index is -0.836. The van der Waals surface area contributed by atoms with Gasteiger partial charge in [-0.3, -0.25) is 9.69 Å². The van der Waals surface area contributed by atoms with Gasteiger partial charge < -0.3 is 20.5 Å². The van der Waals surface area contributed by atoms with Gasteiger partial charge in [-0.15, -0.1) is 0 Å². The number of ether oxygens (including phenoxy) is 2. The first-order chi connectivity index (χ1) is 10.3. The van der Waals surface area contributed by atoms with Gasteiger partial charge in [0.1, 0.15) is 5.54 Å². The maximum Gasteiger partial charge on any atom is 0.240 e. The summed E-state index contributed by atoms with van der Waals surface area (Å²) in [5.41, 5.74) is 5.21. The normalized spacial score (nSPS) is 33.0. The van der Waals surface area contributed by atoms with Gasteiger partial charge in [0, 0.05) is 44.1 Å². The summed E-state index contributed by atoms with van der Waals surface area (Å²) in [5.74, 6) is -0.0615. The second-order valence-electron chi connectivity index (χ2n) is 7.05. The fraction of sp³-hybridized carbons (Fsp3) is 0.938. The molecule has 0 aromatic heterocycles. The second-order valence-corrected chi connectivity index (χ2v) is 7.05. The highest BCUT2D eigenvalue weighted by molar-refractivity contribution is 5.88. The molecule has 1 aliphatic carbocycles. The van der Waals surface area contributed by atoms with Crippen LogP contribution in [0.25, 0.3) is 0 Å². The van der Waals surface area contributed by atoms with Crippen molar-refractivity contribution in [3.8, 4) is 0 Å². The van der Waals surface area contributed by atoms with Crippen LogP contribution in [0.5, 0.6) is 0 Å². The van der Waals surface area contributed by atoms with Gasteiger partial charge in [-0.05, 0) is 13.8 Å². The second kappa shape index (κ2) is 6.83. The van der Waals surface area contributed by atoms with Crippen molar-refractivity contribution in [2.75, 3.05) is 39.5 Å². The largest absolute Gasteiger partial charge is 0.379 e. The summed E-state index contributed by atoms with van der Waals surface area (Å²) in [6.07, 6.45) is 0.649. The Morgan fingerprint density at radius 3 is 2.64 bits per heavy atom. The highest BCUT2D eigenvalue weighted by Crippen LogP contribution is 2.49. The van der Waals surface area contributed by atoms with Gasteiger partial charge in [0.05, 0.1) is 19.3 Å². The van der Waals surface area contributed by atoms with Crippen molar-refractivity contribution in [3.63, 3.8) is 0 Å². The molecule has 128 valence electrons. The molecule has 0 aromatic carbocycles. The van der Waals surface area contributed by atoms with Crippen LogP contribution in [0.3, 0.4) is 0 Å². The Morgan fingerprint density at radius 1 is 1.45 bits per heavy atom. The van der Waals surface area contributed by atoms with Gasteiger partial charge in [-0.1, -0.05) is 13.8 Å². The van der Waals surface area contributed by atoms with Crippen LogP contribution in [-0.4, -0.2) is 67.9 Å². The van der Waals surface area contributed by atoms with Gasteiger partial charge in [-0.2, -0.15) is 0 Å². The molecule has 1 saturated heterocycles. The average molecular weight is 313 g/mol.